The number of rotatable bonds is 7. The number of aryl methyl sites for hydroxylation is 1. The number of aromatic nitrogens is 2. The molecule has 1 aromatic heterocycles. The summed E-state index contributed by atoms with van der Waals surface area (Å²) in [6.45, 7) is 3.51. The fourth-order valence-corrected chi connectivity index (χ4v) is 3.79. The Morgan fingerprint density at radius 2 is 2.00 bits per heavy atom. The Kier molecular flexibility index (Phi) is 9.74. The number of hydrogen-bond acceptors (Lipinski definition) is 4. The second-order valence-electron chi connectivity index (χ2n) is 5.89. The normalized spacial score (nSPS) is 11.8. The van der Waals surface area contributed by atoms with Gasteiger partial charge in [0.25, 0.3) is 0 Å². The number of halogens is 2. The van der Waals surface area contributed by atoms with Crippen LogP contribution in [-0.2, 0) is 23.4 Å². The van der Waals surface area contributed by atoms with Gasteiger partial charge in [-0.25, -0.2) is 8.42 Å². The van der Waals surface area contributed by atoms with Crippen LogP contribution in [0.1, 0.15) is 12.5 Å². The molecule has 150 valence electrons. The minimum absolute atomic E-state index is 0. The molecule has 0 saturated heterocycles. The van der Waals surface area contributed by atoms with Crippen molar-refractivity contribution in [1.82, 2.24) is 20.0 Å². The topological polar surface area (TPSA) is 79.6 Å². The first-order chi connectivity index (χ1) is 12.3. The first-order valence-corrected chi connectivity index (χ1v) is 10.7. The van der Waals surface area contributed by atoms with Crippen molar-refractivity contribution in [3.8, 4) is 0 Å². The highest BCUT2D eigenvalue weighted by Gasteiger charge is 2.14. The first-order valence-electron chi connectivity index (χ1n) is 8.27. The molecular formula is C17H25BrIN5O2S. The maximum Gasteiger partial charge on any atom is 0.193 e. The Bertz CT molecular complexity index is 852. The van der Waals surface area contributed by atoms with Crippen molar-refractivity contribution >= 4 is 55.7 Å². The molecule has 0 spiro atoms. The van der Waals surface area contributed by atoms with Crippen molar-refractivity contribution in [3.05, 3.63) is 46.7 Å². The number of guanidine groups is 1. The van der Waals surface area contributed by atoms with Crippen LogP contribution in [0.15, 0.2) is 51.0 Å². The number of hydrogen-bond donors (Lipinski definition) is 1. The van der Waals surface area contributed by atoms with E-state index < -0.39 is 9.84 Å². The highest BCUT2D eigenvalue weighted by Crippen LogP contribution is 2.15. The minimum atomic E-state index is -3.36. The summed E-state index contributed by atoms with van der Waals surface area (Å²) in [6, 6.07) is 6.65. The van der Waals surface area contributed by atoms with Gasteiger partial charge in [0.15, 0.2) is 15.8 Å². The molecule has 0 unspecified atom stereocenters. The van der Waals surface area contributed by atoms with Crippen LogP contribution in [0.25, 0.3) is 0 Å². The molecule has 27 heavy (non-hydrogen) atoms. The van der Waals surface area contributed by atoms with Crippen LogP contribution in [0.4, 0.5) is 0 Å². The Labute approximate surface area is 186 Å². The van der Waals surface area contributed by atoms with E-state index in [1.54, 1.807) is 35.1 Å². The Morgan fingerprint density at radius 3 is 2.56 bits per heavy atom. The van der Waals surface area contributed by atoms with Gasteiger partial charge in [0, 0.05) is 43.4 Å². The summed E-state index contributed by atoms with van der Waals surface area (Å²) in [5.41, 5.74) is 1.06. The SMILES string of the molecule is CCNC(=NCCS(=O)(=O)c1ccc(Br)cc1)N(C)Cc1cnn(C)c1.I. The molecule has 0 bridgehead atoms. The molecule has 0 saturated carbocycles. The average Bonchev–Trinajstić information content (AvgIpc) is 2.99. The zero-order valence-corrected chi connectivity index (χ0v) is 20.3. The van der Waals surface area contributed by atoms with Crippen LogP contribution in [0.3, 0.4) is 0 Å². The maximum absolute atomic E-state index is 12.4. The Morgan fingerprint density at radius 1 is 1.33 bits per heavy atom. The zero-order chi connectivity index (χ0) is 19.2. The summed E-state index contributed by atoms with van der Waals surface area (Å²) < 4.78 is 27.4. The molecule has 0 aliphatic rings. The van der Waals surface area contributed by atoms with Gasteiger partial charge in [-0.05, 0) is 31.2 Å². The zero-order valence-electron chi connectivity index (χ0n) is 15.6. The molecule has 0 fully saturated rings. The average molecular weight is 570 g/mol. The van der Waals surface area contributed by atoms with Crippen molar-refractivity contribution in [3.63, 3.8) is 0 Å². The summed E-state index contributed by atoms with van der Waals surface area (Å²) in [4.78, 5) is 6.72. The summed E-state index contributed by atoms with van der Waals surface area (Å²) >= 11 is 3.31. The molecule has 0 atom stereocenters. The van der Waals surface area contributed by atoms with Crippen LogP contribution in [0.2, 0.25) is 0 Å². The van der Waals surface area contributed by atoms with Crippen molar-refractivity contribution in [2.75, 3.05) is 25.9 Å². The largest absolute Gasteiger partial charge is 0.357 e. The summed E-state index contributed by atoms with van der Waals surface area (Å²) in [5.74, 6) is 0.631. The summed E-state index contributed by atoms with van der Waals surface area (Å²) in [5, 5.41) is 7.35. The quantitative estimate of drug-likeness (QED) is 0.315. The van der Waals surface area contributed by atoms with Gasteiger partial charge in [0.2, 0.25) is 0 Å². The van der Waals surface area contributed by atoms with E-state index in [0.717, 1.165) is 10.0 Å². The standard InChI is InChI=1S/C17H24BrN5O2S.HI/c1-4-19-17(22(2)12-14-11-21-23(3)13-14)20-9-10-26(24,25)16-7-5-15(18)6-8-16;/h5-8,11,13H,4,9-10,12H2,1-3H3,(H,19,20);1H. The van der Waals surface area contributed by atoms with E-state index in [9.17, 15) is 8.42 Å². The van der Waals surface area contributed by atoms with Crippen molar-refractivity contribution < 1.29 is 8.42 Å². The molecular weight excluding hydrogens is 545 g/mol. The molecule has 10 heteroatoms. The lowest BCUT2D eigenvalue weighted by Gasteiger charge is -2.21. The number of nitrogens with zero attached hydrogens (tertiary/aromatic N) is 4. The predicted molar refractivity (Wildman–Crippen MR) is 122 cm³/mol. The molecule has 1 N–H and O–H groups in total. The lowest BCUT2D eigenvalue weighted by molar-refractivity contribution is 0.477. The van der Waals surface area contributed by atoms with Gasteiger partial charge in [-0.2, -0.15) is 5.10 Å². The molecule has 7 nitrogen and oxygen atoms in total. The summed E-state index contributed by atoms with van der Waals surface area (Å²) in [7, 11) is 0.429. The number of aliphatic imine (C=N–C) groups is 1. The minimum Gasteiger partial charge on any atom is -0.357 e. The smallest absolute Gasteiger partial charge is 0.193 e. The van der Waals surface area contributed by atoms with Gasteiger partial charge in [-0.1, -0.05) is 15.9 Å². The maximum atomic E-state index is 12.4. The van der Waals surface area contributed by atoms with Gasteiger partial charge in [0.05, 0.1) is 23.4 Å². The number of benzene rings is 1. The predicted octanol–water partition coefficient (Wildman–Crippen LogP) is 2.67. The molecule has 0 radical (unpaired) electrons. The molecule has 0 amide bonds. The van der Waals surface area contributed by atoms with Gasteiger partial charge in [0.1, 0.15) is 0 Å². The highest BCUT2D eigenvalue weighted by atomic mass is 127. The van der Waals surface area contributed by atoms with E-state index in [1.807, 2.05) is 32.1 Å². The Hall–Kier alpha value is -1.14. The van der Waals surface area contributed by atoms with E-state index in [4.69, 9.17) is 0 Å². The van der Waals surface area contributed by atoms with Gasteiger partial charge >= 0.3 is 0 Å². The third kappa shape index (κ3) is 7.41. The molecule has 0 aliphatic carbocycles. The lowest BCUT2D eigenvalue weighted by atomic mass is 10.3. The van der Waals surface area contributed by atoms with E-state index in [1.165, 1.54) is 0 Å². The molecule has 2 rings (SSSR count). The van der Waals surface area contributed by atoms with Crippen LogP contribution in [-0.4, -0.2) is 54.9 Å². The van der Waals surface area contributed by atoms with Crippen molar-refractivity contribution in [2.24, 2.45) is 12.0 Å². The fourth-order valence-electron chi connectivity index (χ4n) is 2.40. The first kappa shape index (κ1) is 23.9. The molecule has 0 aliphatic heterocycles. The fraction of sp³-hybridized carbons (Fsp3) is 0.412. The van der Waals surface area contributed by atoms with Crippen LogP contribution < -0.4 is 5.32 Å². The van der Waals surface area contributed by atoms with E-state index >= 15 is 0 Å². The second-order valence-corrected chi connectivity index (χ2v) is 8.91. The molecule has 2 aromatic rings. The lowest BCUT2D eigenvalue weighted by Crippen LogP contribution is -2.38. The van der Waals surface area contributed by atoms with E-state index in [2.05, 4.69) is 31.3 Å². The number of nitrogens with one attached hydrogen (secondary N) is 1. The van der Waals surface area contributed by atoms with Gasteiger partial charge < -0.3 is 10.2 Å². The summed E-state index contributed by atoms with van der Waals surface area (Å²) in [6.07, 6.45) is 3.75. The van der Waals surface area contributed by atoms with Gasteiger partial charge in [-0.15, -0.1) is 24.0 Å². The van der Waals surface area contributed by atoms with Crippen LogP contribution in [0.5, 0.6) is 0 Å². The number of sulfone groups is 1. The van der Waals surface area contributed by atoms with Crippen molar-refractivity contribution in [2.45, 2.75) is 18.4 Å². The van der Waals surface area contributed by atoms with Crippen molar-refractivity contribution in [1.29, 1.82) is 0 Å². The van der Waals surface area contributed by atoms with Crippen LogP contribution in [0, 0.1) is 0 Å². The molecule has 1 aromatic carbocycles. The third-order valence-electron chi connectivity index (χ3n) is 3.67. The van der Waals surface area contributed by atoms with E-state index in [-0.39, 0.29) is 36.3 Å². The monoisotopic (exact) mass is 569 g/mol. The van der Waals surface area contributed by atoms with E-state index in [0.29, 0.717) is 23.9 Å². The van der Waals surface area contributed by atoms with Crippen LogP contribution >= 0.6 is 39.9 Å². The van der Waals surface area contributed by atoms with Gasteiger partial charge in [-0.3, -0.25) is 9.67 Å². The highest BCUT2D eigenvalue weighted by molar-refractivity contribution is 14.0. The third-order valence-corrected chi connectivity index (χ3v) is 5.91. The molecule has 1 heterocycles. The Balaban J connectivity index is 0.00000364. The second kappa shape index (κ2) is 11.0.